The highest BCUT2D eigenvalue weighted by molar-refractivity contribution is 9.10. The molecule has 204 valence electrons. The van der Waals surface area contributed by atoms with Crippen LogP contribution in [0.15, 0.2) is 58.7 Å². The van der Waals surface area contributed by atoms with Crippen LogP contribution in [-0.2, 0) is 11.2 Å². The Morgan fingerprint density at radius 3 is 2.67 bits per heavy atom. The summed E-state index contributed by atoms with van der Waals surface area (Å²) in [5.41, 5.74) is 3.99. The van der Waals surface area contributed by atoms with Crippen molar-refractivity contribution in [1.82, 2.24) is 4.90 Å². The van der Waals surface area contributed by atoms with Gasteiger partial charge in [-0.25, -0.2) is 0 Å². The molecule has 40 heavy (non-hydrogen) atoms. The van der Waals surface area contributed by atoms with Gasteiger partial charge in [0.05, 0.1) is 17.3 Å². The number of nitrogens with one attached hydrogen (secondary N) is 1. The van der Waals surface area contributed by atoms with Crippen LogP contribution < -0.4 is 29.0 Å². The van der Waals surface area contributed by atoms with Crippen molar-refractivity contribution in [3.8, 4) is 28.7 Å². The molecule has 3 heterocycles. The van der Waals surface area contributed by atoms with Gasteiger partial charge in [0.1, 0.15) is 0 Å². The third kappa shape index (κ3) is 4.75. The number of likely N-dealkylation sites (N-methyl/N-ethyl adjacent to an activating group) is 1. The lowest BCUT2D eigenvalue weighted by atomic mass is 10.0. The first-order valence-corrected chi connectivity index (χ1v) is 13.4. The number of Topliss-reactive ketones (excluding diaryl/α,β-unsaturated/α-hetero) is 1. The van der Waals surface area contributed by atoms with Gasteiger partial charge < -0.3 is 33.9 Å². The van der Waals surface area contributed by atoms with Crippen molar-refractivity contribution < 1.29 is 33.3 Å². The minimum atomic E-state index is -0.326. The van der Waals surface area contributed by atoms with Gasteiger partial charge in [0.2, 0.25) is 31.0 Å². The number of nitrogens with zero attached hydrogens (tertiary/aromatic N) is 1. The second-order valence-electron chi connectivity index (χ2n) is 9.35. The first-order chi connectivity index (χ1) is 19.4. The van der Waals surface area contributed by atoms with Gasteiger partial charge >= 0.3 is 0 Å². The monoisotopic (exact) mass is 604 g/mol. The number of amides is 1. The summed E-state index contributed by atoms with van der Waals surface area (Å²) < 4.78 is 28.5. The zero-order valence-electron chi connectivity index (χ0n) is 21.8. The number of benzene rings is 3. The molecule has 0 radical (unpaired) electrons. The fourth-order valence-corrected chi connectivity index (χ4v) is 5.58. The number of fused-ring (bicyclic) bond motifs is 3. The lowest BCUT2D eigenvalue weighted by Gasteiger charge is -2.20. The molecular weight excluding hydrogens is 580 g/mol. The van der Waals surface area contributed by atoms with E-state index in [0.29, 0.717) is 58.7 Å². The van der Waals surface area contributed by atoms with Crippen molar-refractivity contribution in [1.29, 1.82) is 0 Å². The number of anilines is 1. The van der Waals surface area contributed by atoms with Crippen LogP contribution in [-0.4, -0.2) is 50.9 Å². The van der Waals surface area contributed by atoms with Crippen molar-refractivity contribution in [2.45, 2.75) is 6.42 Å². The average molecular weight is 605 g/mol. The maximum Gasteiger partial charge on any atom is 0.248 e. The average Bonchev–Trinajstić information content (AvgIpc) is 3.60. The molecule has 9 nitrogen and oxygen atoms in total. The van der Waals surface area contributed by atoms with Gasteiger partial charge in [-0.1, -0.05) is 18.2 Å². The topological polar surface area (TPSA) is 95.6 Å². The zero-order valence-corrected chi connectivity index (χ0v) is 23.4. The maximum absolute atomic E-state index is 13.8. The summed E-state index contributed by atoms with van der Waals surface area (Å²) in [6.45, 7) is 0.897. The highest BCUT2D eigenvalue weighted by atomic mass is 79.9. The van der Waals surface area contributed by atoms with E-state index in [9.17, 15) is 9.59 Å². The molecule has 0 aromatic heterocycles. The van der Waals surface area contributed by atoms with E-state index in [2.05, 4.69) is 21.2 Å². The van der Waals surface area contributed by atoms with Gasteiger partial charge in [-0.05, 0) is 69.9 Å². The van der Waals surface area contributed by atoms with E-state index in [4.69, 9.17) is 23.7 Å². The van der Waals surface area contributed by atoms with Crippen LogP contribution in [0.25, 0.3) is 12.2 Å². The van der Waals surface area contributed by atoms with E-state index in [1.165, 1.54) is 6.08 Å². The van der Waals surface area contributed by atoms with Gasteiger partial charge in [-0.15, -0.1) is 0 Å². The van der Waals surface area contributed by atoms with E-state index >= 15 is 0 Å². The van der Waals surface area contributed by atoms with Gasteiger partial charge in [0.15, 0.2) is 23.0 Å². The number of halogens is 1. The predicted molar refractivity (Wildman–Crippen MR) is 152 cm³/mol. The fourth-order valence-electron chi connectivity index (χ4n) is 4.87. The first-order valence-electron chi connectivity index (χ1n) is 12.6. The molecule has 6 rings (SSSR count). The summed E-state index contributed by atoms with van der Waals surface area (Å²) in [4.78, 5) is 28.3. The van der Waals surface area contributed by atoms with E-state index in [-0.39, 0.29) is 25.3 Å². The minimum Gasteiger partial charge on any atom is -0.492 e. The zero-order chi connectivity index (χ0) is 27.8. The third-order valence-corrected chi connectivity index (χ3v) is 7.73. The Bertz CT molecular complexity index is 1600. The number of hydrogen-bond acceptors (Lipinski definition) is 8. The molecule has 10 heteroatoms. The van der Waals surface area contributed by atoms with Crippen molar-refractivity contribution in [3.05, 3.63) is 81.0 Å². The van der Waals surface area contributed by atoms with Crippen molar-refractivity contribution >= 4 is 45.5 Å². The van der Waals surface area contributed by atoms with E-state index < -0.39 is 0 Å². The lowest BCUT2D eigenvalue weighted by Crippen LogP contribution is -2.24. The molecule has 3 aromatic carbocycles. The Labute approximate surface area is 239 Å². The molecule has 0 aliphatic carbocycles. The third-order valence-electron chi connectivity index (χ3n) is 6.90. The van der Waals surface area contributed by atoms with E-state index in [1.54, 1.807) is 43.5 Å². The summed E-state index contributed by atoms with van der Waals surface area (Å²) in [6, 6.07) is 12.3. The minimum absolute atomic E-state index is 0.104. The number of ketones is 1. The highest BCUT2D eigenvalue weighted by Crippen LogP contribution is 2.51. The Morgan fingerprint density at radius 2 is 1.82 bits per heavy atom. The molecule has 1 N–H and O–H groups in total. The summed E-state index contributed by atoms with van der Waals surface area (Å²) in [5.74, 6) is 2.46. The molecule has 0 unspecified atom stereocenters. The SMILES string of the molecule is COc1c2c(c(Br)c3c1OCO3)CCN(C)C(C(=O)c1cccc(NC(=O)/C=C/c3ccc4c(c3)OCO4)c1)=C2. The van der Waals surface area contributed by atoms with Gasteiger partial charge in [-0.3, -0.25) is 9.59 Å². The van der Waals surface area contributed by atoms with Crippen LogP contribution in [0.3, 0.4) is 0 Å². The lowest BCUT2D eigenvalue weighted by molar-refractivity contribution is -0.111. The quantitative estimate of drug-likeness (QED) is 0.300. The van der Waals surface area contributed by atoms with Crippen LogP contribution in [0.1, 0.15) is 27.0 Å². The normalized spacial score (nSPS) is 15.0. The summed E-state index contributed by atoms with van der Waals surface area (Å²) in [7, 11) is 3.45. The standard InChI is InChI=1S/C30H25BrN2O7/c1-33-11-10-20-21(28(36-2)30-29(26(20)31)39-16-40-30)14-22(33)27(35)18-4-3-5-19(13-18)32-25(34)9-7-17-6-8-23-24(12-17)38-15-37-23/h3-9,12-14H,10-11,15-16H2,1-2H3,(H,32,34)/b9-7+. The van der Waals surface area contributed by atoms with E-state index in [0.717, 1.165) is 21.2 Å². The number of carbonyl (C=O) groups excluding carboxylic acids is 2. The number of ether oxygens (including phenoxy) is 5. The van der Waals surface area contributed by atoms with E-state index in [1.807, 2.05) is 30.2 Å². The molecule has 0 saturated carbocycles. The molecule has 0 saturated heterocycles. The molecular formula is C30H25BrN2O7. The summed E-state index contributed by atoms with van der Waals surface area (Å²) >= 11 is 3.66. The van der Waals surface area contributed by atoms with Crippen LogP contribution in [0.4, 0.5) is 5.69 Å². The Morgan fingerprint density at radius 1 is 1.02 bits per heavy atom. The van der Waals surface area contributed by atoms with Gasteiger partial charge in [-0.2, -0.15) is 0 Å². The number of hydrogen-bond donors (Lipinski definition) is 1. The summed E-state index contributed by atoms with van der Waals surface area (Å²) in [5, 5.41) is 2.83. The van der Waals surface area contributed by atoms with Crippen LogP contribution in [0.2, 0.25) is 0 Å². The maximum atomic E-state index is 13.8. The molecule has 3 aliphatic rings. The smallest absolute Gasteiger partial charge is 0.248 e. The molecule has 0 bridgehead atoms. The van der Waals surface area contributed by atoms with Crippen molar-refractivity contribution in [2.24, 2.45) is 0 Å². The number of methoxy groups -OCH3 is 1. The van der Waals surface area contributed by atoms with Crippen molar-refractivity contribution in [3.63, 3.8) is 0 Å². The number of carbonyl (C=O) groups is 2. The van der Waals surface area contributed by atoms with Crippen LogP contribution in [0, 0.1) is 0 Å². The van der Waals surface area contributed by atoms with Gasteiger partial charge in [0, 0.05) is 36.5 Å². The first kappa shape index (κ1) is 25.8. The van der Waals surface area contributed by atoms with Crippen LogP contribution >= 0.6 is 15.9 Å². The second kappa shape index (κ2) is 10.6. The Kier molecular flexibility index (Phi) is 6.85. The van der Waals surface area contributed by atoms with Crippen LogP contribution in [0.5, 0.6) is 28.7 Å². The number of allylic oxidation sites excluding steroid dienone is 1. The molecule has 0 fully saturated rings. The van der Waals surface area contributed by atoms with Gasteiger partial charge in [0.25, 0.3) is 0 Å². The van der Waals surface area contributed by atoms with Crippen molar-refractivity contribution in [2.75, 3.05) is 39.6 Å². The largest absolute Gasteiger partial charge is 0.492 e. The number of rotatable bonds is 6. The Hall–Kier alpha value is -4.44. The second-order valence-corrected chi connectivity index (χ2v) is 10.1. The molecule has 3 aromatic rings. The molecule has 3 aliphatic heterocycles. The molecule has 1 amide bonds. The molecule has 0 spiro atoms. The predicted octanol–water partition coefficient (Wildman–Crippen LogP) is 5.28. The summed E-state index contributed by atoms with van der Waals surface area (Å²) in [6.07, 6.45) is 5.61. The molecule has 0 atom stereocenters. The fraction of sp³-hybridized carbons (Fsp3) is 0.200. The highest BCUT2D eigenvalue weighted by Gasteiger charge is 2.31. The Balaban J connectivity index is 1.24.